The van der Waals surface area contributed by atoms with Crippen LogP contribution in [-0.2, 0) is 9.47 Å². The first kappa shape index (κ1) is 19.2. The molecule has 0 N–H and O–H groups in total. The molecule has 0 aromatic carbocycles. The fraction of sp³-hybridized carbons (Fsp3) is 0.889. The minimum Gasteiger partial charge on any atom is -0.448 e. The summed E-state index contributed by atoms with van der Waals surface area (Å²) in [7, 11) is 0. The molecule has 0 aromatic heterocycles. The van der Waals surface area contributed by atoms with Gasteiger partial charge in [-0.2, -0.15) is 4.99 Å². The molecule has 24 heavy (non-hydrogen) atoms. The minimum absolute atomic E-state index is 0.190. The van der Waals surface area contributed by atoms with Crippen molar-refractivity contribution in [2.24, 2.45) is 10.4 Å². The summed E-state index contributed by atoms with van der Waals surface area (Å²) >= 11 is 0. The van der Waals surface area contributed by atoms with E-state index >= 15 is 0 Å². The Labute approximate surface area is 146 Å². The Morgan fingerprint density at radius 3 is 2.38 bits per heavy atom. The first-order valence-corrected chi connectivity index (χ1v) is 9.28. The van der Waals surface area contributed by atoms with Gasteiger partial charge in [0.2, 0.25) is 0 Å². The number of amides is 1. The number of carbonyl (C=O) groups is 1. The number of aliphatic imine (C=N–C) groups is 1. The van der Waals surface area contributed by atoms with Crippen LogP contribution >= 0.6 is 0 Å². The van der Waals surface area contributed by atoms with Crippen molar-refractivity contribution in [1.82, 2.24) is 9.80 Å². The zero-order valence-corrected chi connectivity index (χ0v) is 15.6. The number of hydrogen-bond acceptors (Lipinski definition) is 4. The molecule has 0 spiro atoms. The third-order valence-corrected chi connectivity index (χ3v) is 4.47. The van der Waals surface area contributed by atoms with Gasteiger partial charge in [-0.3, -0.25) is 0 Å². The molecule has 2 aliphatic rings. The van der Waals surface area contributed by atoms with Crippen molar-refractivity contribution in [3.63, 3.8) is 0 Å². The van der Waals surface area contributed by atoms with Crippen molar-refractivity contribution in [2.75, 3.05) is 52.5 Å². The fourth-order valence-electron chi connectivity index (χ4n) is 3.24. The third-order valence-electron chi connectivity index (χ3n) is 4.47. The highest BCUT2D eigenvalue weighted by molar-refractivity contribution is 5.95. The average molecular weight is 339 g/mol. The largest absolute Gasteiger partial charge is 0.448 e. The minimum atomic E-state index is -0.468. The average Bonchev–Trinajstić information content (AvgIpc) is 2.57. The molecule has 2 aliphatic heterocycles. The van der Waals surface area contributed by atoms with Gasteiger partial charge in [0.25, 0.3) is 0 Å². The summed E-state index contributed by atoms with van der Waals surface area (Å²) < 4.78 is 10.7. The highest BCUT2D eigenvalue weighted by Gasteiger charge is 2.27. The second-order valence-electron chi connectivity index (χ2n) is 7.66. The van der Waals surface area contributed by atoms with Crippen molar-refractivity contribution < 1.29 is 14.3 Å². The number of amidine groups is 1. The van der Waals surface area contributed by atoms with Crippen LogP contribution in [0.25, 0.3) is 0 Å². The molecular weight excluding hydrogens is 306 g/mol. The molecule has 2 fully saturated rings. The van der Waals surface area contributed by atoms with Crippen LogP contribution in [0.5, 0.6) is 0 Å². The number of carbonyl (C=O) groups excluding carboxylic acids is 1. The lowest BCUT2D eigenvalue weighted by atomic mass is 9.93. The van der Waals surface area contributed by atoms with E-state index in [0.717, 1.165) is 31.9 Å². The van der Waals surface area contributed by atoms with Crippen molar-refractivity contribution in [1.29, 1.82) is 0 Å². The predicted molar refractivity (Wildman–Crippen MR) is 95.5 cm³/mol. The number of likely N-dealkylation sites (tertiary alicyclic amines) is 1. The zero-order valence-electron chi connectivity index (χ0n) is 15.6. The van der Waals surface area contributed by atoms with Gasteiger partial charge in [0, 0.05) is 25.0 Å². The lowest BCUT2D eigenvalue weighted by Crippen LogP contribution is -2.46. The Kier molecular flexibility index (Phi) is 7.49. The second-order valence-corrected chi connectivity index (χ2v) is 7.66. The Morgan fingerprint density at radius 1 is 1.08 bits per heavy atom. The monoisotopic (exact) mass is 339 g/mol. The normalized spacial score (nSPS) is 21.0. The van der Waals surface area contributed by atoms with Crippen LogP contribution in [0.1, 0.15) is 46.5 Å². The Bertz CT molecular complexity index is 420. The van der Waals surface area contributed by atoms with Crippen LogP contribution in [0.4, 0.5) is 4.79 Å². The van der Waals surface area contributed by atoms with E-state index in [1.807, 2.05) is 0 Å². The van der Waals surface area contributed by atoms with E-state index in [2.05, 4.69) is 35.6 Å². The summed E-state index contributed by atoms with van der Waals surface area (Å²) in [6, 6.07) is 0. The maximum atomic E-state index is 12.1. The lowest BCUT2D eigenvalue weighted by molar-refractivity contribution is 0.0642. The van der Waals surface area contributed by atoms with Crippen molar-refractivity contribution >= 4 is 11.9 Å². The second kappa shape index (κ2) is 9.37. The zero-order chi connectivity index (χ0) is 17.4. The SMILES string of the molecule is CC(C)(C)/C(=N/C(=O)OCCCN1CCCCC1)N1CCOCC1. The number of morpholine rings is 1. The fourth-order valence-corrected chi connectivity index (χ4v) is 3.24. The summed E-state index contributed by atoms with van der Waals surface area (Å²) in [5.41, 5.74) is -0.190. The molecule has 2 heterocycles. The molecule has 0 radical (unpaired) electrons. The van der Waals surface area contributed by atoms with E-state index in [0.29, 0.717) is 19.8 Å². The molecule has 0 unspecified atom stereocenters. The van der Waals surface area contributed by atoms with E-state index in [1.165, 1.54) is 32.4 Å². The maximum absolute atomic E-state index is 12.1. The molecule has 0 aliphatic carbocycles. The Hall–Kier alpha value is -1.14. The summed E-state index contributed by atoms with van der Waals surface area (Å²) in [5, 5.41) is 0. The van der Waals surface area contributed by atoms with Crippen LogP contribution in [0.15, 0.2) is 4.99 Å². The first-order chi connectivity index (χ1) is 11.5. The predicted octanol–water partition coefficient (Wildman–Crippen LogP) is 2.78. The van der Waals surface area contributed by atoms with Crippen LogP contribution in [0, 0.1) is 5.41 Å². The third kappa shape index (κ3) is 6.40. The number of hydrogen-bond donors (Lipinski definition) is 0. The molecule has 1 amide bonds. The number of nitrogens with zero attached hydrogens (tertiary/aromatic N) is 3. The Balaban J connectivity index is 1.78. The van der Waals surface area contributed by atoms with E-state index in [-0.39, 0.29) is 5.41 Å². The summed E-state index contributed by atoms with van der Waals surface area (Å²) in [6.07, 6.45) is 4.34. The molecule has 2 saturated heterocycles. The van der Waals surface area contributed by atoms with Crippen LogP contribution in [0.3, 0.4) is 0 Å². The maximum Gasteiger partial charge on any atom is 0.435 e. The van der Waals surface area contributed by atoms with Crippen LogP contribution in [-0.4, -0.2) is 74.3 Å². The summed E-state index contributed by atoms with van der Waals surface area (Å²) in [5.74, 6) is 0.798. The van der Waals surface area contributed by atoms with Crippen molar-refractivity contribution in [3.8, 4) is 0 Å². The van der Waals surface area contributed by atoms with Gasteiger partial charge in [-0.25, -0.2) is 4.79 Å². The van der Waals surface area contributed by atoms with E-state index < -0.39 is 6.09 Å². The van der Waals surface area contributed by atoms with E-state index in [4.69, 9.17) is 9.47 Å². The van der Waals surface area contributed by atoms with Crippen molar-refractivity contribution in [2.45, 2.75) is 46.5 Å². The standard InChI is InChI=1S/C18H33N3O3/c1-18(2,3)16(21-11-14-23-15-12-21)19-17(22)24-13-7-10-20-8-5-4-6-9-20/h4-15H2,1-3H3/b19-16-. The van der Waals surface area contributed by atoms with Gasteiger partial charge in [0.15, 0.2) is 0 Å². The molecule has 6 nitrogen and oxygen atoms in total. The van der Waals surface area contributed by atoms with Crippen LogP contribution < -0.4 is 0 Å². The quantitative estimate of drug-likeness (QED) is 0.448. The molecular formula is C18H33N3O3. The van der Waals surface area contributed by atoms with Gasteiger partial charge in [-0.1, -0.05) is 27.2 Å². The number of rotatable bonds is 4. The van der Waals surface area contributed by atoms with Gasteiger partial charge < -0.3 is 19.3 Å². The molecule has 0 bridgehead atoms. The lowest BCUT2D eigenvalue weighted by Gasteiger charge is -2.35. The van der Waals surface area contributed by atoms with E-state index in [9.17, 15) is 4.79 Å². The molecule has 2 rings (SSSR count). The topological polar surface area (TPSA) is 54.4 Å². The molecule has 0 saturated carbocycles. The van der Waals surface area contributed by atoms with Gasteiger partial charge in [-0.15, -0.1) is 0 Å². The van der Waals surface area contributed by atoms with Gasteiger partial charge >= 0.3 is 6.09 Å². The van der Waals surface area contributed by atoms with Crippen molar-refractivity contribution in [3.05, 3.63) is 0 Å². The summed E-state index contributed by atoms with van der Waals surface area (Å²) in [4.78, 5) is 21.0. The number of ether oxygens (including phenoxy) is 2. The summed E-state index contributed by atoms with van der Waals surface area (Å²) in [6.45, 7) is 12.9. The first-order valence-electron chi connectivity index (χ1n) is 9.28. The van der Waals surface area contributed by atoms with Gasteiger partial charge in [0.05, 0.1) is 19.8 Å². The molecule has 138 valence electrons. The number of piperidine rings is 1. The Morgan fingerprint density at radius 2 is 1.75 bits per heavy atom. The highest BCUT2D eigenvalue weighted by atomic mass is 16.5. The van der Waals surface area contributed by atoms with Gasteiger partial charge in [-0.05, 0) is 32.4 Å². The smallest absolute Gasteiger partial charge is 0.435 e. The molecule has 6 heteroatoms. The molecule has 0 aromatic rings. The highest BCUT2D eigenvalue weighted by Crippen LogP contribution is 2.20. The van der Waals surface area contributed by atoms with E-state index in [1.54, 1.807) is 0 Å². The van der Waals surface area contributed by atoms with Crippen LogP contribution in [0.2, 0.25) is 0 Å². The van der Waals surface area contributed by atoms with Gasteiger partial charge in [0.1, 0.15) is 5.84 Å². The molecule has 0 atom stereocenters.